The van der Waals surface area contributed by atoms with Gasteiger partial charge in [0.2, 0.25) is 0 Å². The molecule has 0 atom stereocenters. The Morgan fingerprint density at radius 2 is 2.27 bits per heavy atom. The summed E-state index contributed by atoms with van der Waals surface area (Å²) in [5.74, 6) is -0.341. The maximum atomic E-state index is 13.0. The number of rotatable bonds is 2. The van der Waals surface area contributed by atoms with Crippen LogP contribution in [0.3, 0.4) is 0 Å². The van der Waals surface area contributed by atoms with E-state index in [1.54, 1.807) is 20.2 Å². The first-order valence-corrected chi connectivity index (χ1v) is 5.06. The lowest BCUT2D eigenvalue weighted by Crippen LogP contribution is -2.03. The lowest BCUT2D eigenvalue weighted by atomic mass is 10.2. The number of nitrogens with zero attached hydrogens (tertiary/aromatic N) is 2. The molecule has 1 aromatic rings. The van der Waals surface area contributed by atoms with Crippen LogP contribution in [-0.2, 0) is 0 Å². The lowest BCUT2D eigenvalue weighted by molar-refractivity contribution is 0.609. The van der Waals surface area contributed by atoms with Crippen LogP contribution in [0, 0.1) is 12.7 Å². The van der Waals surface area contributed by atoms with Gasteiger partial charge in [-0.25, -0.2) is 9.37 Å². The monoisotopic (exact) mass is 271 g/mol. The molecule has 1 heterocycles. The number of hydrogen-bond donors (Lipinski definition) is 1. The first-order valence-electron chi connectivity index (χ1n) is 4.27. The van der Waals surface area contributed by atoms with Gasteiger partial charge in [0.05, 0.1) is 21.6 Å². The molecule has 3 nitrogen and oxygen atoms in total. The van der Waals surface area contributed by atoms with Crippen molar-refractivity contribution in [3.05, 3.63) is 33.8 Å². The van der Waals surface area contributed by atoms with Crippen molar-refractivity contribution in [3.8, 4) is 0 Å². The largest absolute Gasteiger partial charge is 0.396 e. The van der Waals surface area contributed by atoms with Crippen LogP contribution >= 0.6 is 15.9 Å². The van der Waals surface area contributed by atoms with E-state index in [1.807, 2.05) is 0 Å². The number of allylic oxidation sites excluding steroid dienone is 1. The molecular weight excluding hydrogens is 261 g/mol. The summed E-state index contributed by atoms with van der Waals surface area (Å²) in [6.45, 7) is 1.59. The number of aryl methyl sites for hydroxylation is 1. The van der Waals surface area contributed by atoms with Crippen LogP contribution in [0.5, 0.6) is 0 Å². The minimum Gasteiger partial charge on any atom is -0.396 e. The van der Waals surface area contributed by atoms with Crippen molar-refractivity contribution in [1.82, 2.24) is 4.98 Å². The average Bonchev–Trinajstić information content (AvgIpc) is 2.21. The smallest absolute Gasteiger partial charge is 0.144 e. The third-order valence-corrected chi connectivity index (χ3v) is 2.43. The van der Waals surface area contributed by atoms with Gasteiger partial charge in [-0.3, -0.25) is 4.99 Å². The Morgan fingerprint density at radius 3 is 2.80 bits per heavy atom. The van der Waals surface area contributed by atoms with E-state index in [2.05, 4.69) is 25.9 Å². The fourth-order valence-corrected chi connectivity index (χ4v) is 1.41. The molecule has 0 aliphatic heterocycles. The van der Waals surface area contributed by atoms with Gasteiger partial charge < -0.3 is 5.73 Å². The van der Waals surface area contributed by atoms with Crippen LogP contribution in [0.25, 0.3) is 5.70 Å². The number of pyridine rings is 1. The maximum absolute atomic E-state index is 13.0. The van der Waals surface area contributed by atoms with Crippen molar-refractivity contribution in [1.29, 1.82) is 0 Å². The maximum Gasteiger partial charge on any atom is 0.144 e. The second-order valence-electron chi connectivity index (χ2n) is 2.91. The number of halogens is 2. The Bertz CT molecular complexity index is 427. The van der Waals surface area contributed by atoms with E-state index in [1.165, 1.54) is 12.1 Å². The number of nitrogens with two attached hydrogens (primary N) is 1. The molecule has 0 bridgehead atoms. The molecule has 0 aliphatic carbocycles. The predicted octanol–water partition coefficient (Wildman–Crippen LogP) is 2.25. The van der Waals surface area contributed by atoms with Gasteiger partial charge in [-0.1, -0.05) is 0 Å². The van der Waals surface area contributed by atoms with Crippen LogP contribution in [0.1, 0.15) is 11.4 Å². The first-order chi connectivity index (χ1) is 7.06. The third-order valence-electron chi connectivity index (χ3n) is 1.80. The summed E-state index contributed by atoms with van der Waals surface area (Å²) in [4.78, 5) is 7.84. The van der Waals surface area contributed by atoms with Crippen molar-refractivity contribution in [2.24, 2.45) is 10.7 Å². The highest BCUT2D eigenvalue weighted by atomic mass is 79.9. The molecule has 15 heavy (non-hydrogen) atoms. The molecule has 0 spiro atoms. The summed E-state index contributed by atoms with van der Waals surface area (Å²) in [7, 11) is 1.64. The minimum absolute atomic E-state index is 0.323. The van der Waals surface area contributed by atoms with Gasteiger partial charge >= 0.3 is 0 Å². The van der Waals surface area contributed by atoms with Gasteiger partial charge in [0.25, 0.3) is 0 Å². The minimum atomic E-state index is -0.341. The molecule has 0 amide bonds. The zero-order chi connectivity index (χ0) is 11.4. The van der Waals surface area contributed by atoms with E-state index in [4.69, 9.17) is 5.73 Å². The highest BCUT2D eigenvalue weighted by Gasteiger charge is 2.05. The van der Waals surface area contributed by atoms with Gasteiger partial charge in [-0.05, 0) is 35.0 Å². The zero-order valence-corrected chi connectivity index (χ0v) is 10.0. The van der Waals surface area contributed by atoms with Gasteiger partial charge in [-0.15, -0.1) is 0 Å². The fraction of sp³-hybridized carbons (Fsp3) is 0.200. The molecule has 1 rings (SSSR count). The third kappa shape index (κ3) is 2.86. The Hall–Kier alpha value is -1.23. The number of aliphatic imine (C=N–C) groups is 1. The van der Waals surface area contributed by atoms with Crippen molar-refractivity contribution in [3.63, 3.8) is 0 Å². The van der Waals surface area contributed by atoms with Crippen molar-refractivity contribution >= 4 is 27.8 Å². The molecular formula is C10H11BrFN3. The lowest BCUT2D eigenvalue weighted by Gasteiger charge is -2.03. The summed E-state index contributed by atoms with van der Waals surface area (Å²) < 4.78 is 13.6. The van der Waals surface area contributed by atoms with Gasteiger partial charge in [-0.2, -0.15) is 0 Å². The molecule has 5 heteroatoms. The molecule has 0 fully saturated rings. The fourth-order valence-electron chi connectivity index (χ4n) is 0.999. The van der Waals surface area contributed by atoms with E-state index < -0.39 is 0 Å². The molecule has 2 N–H and O–H groups in total. The van der Waals surface area contributed by atoms with E-state index in [-0.39, 0.29) is 5.82 Å². The van der Waals surface area contributed by atoms with Gasteiger partial charge in [0.15, 0.2) is 0 Å². The van der Waals surface area contributed by atoms with E-state index in [0.717, 1.165) is 0 Å². The van der Waals surface area contributed by atoms with Crippen molar-refractivity contribution in [2.75, 3.05) is 7.05 Å². The molecule has 0 saturated carbocycles. The first kappa shape index (κ1) is 11.8. The topological polar surface area (TPSA) is 51.3 Å². The van der Waals surface area contributed by atoms with Crippen molar-refractivity contribution in [2.45, 2.75) is 6.92 Å². The molecule has 0 aliphatic rings. The van der Waals surface area contributed by atoms with Gasteiger partial charge in [0, 0.05) is 13.3 Å². The highest BCUT2D eigenvalue weighted by molar-refractivity contribution is 9.12. The van der Waals surface area contributed by atoms with Crippen LogP contribution in [0.2, 0.25) is 0 Å². The van der Waals surface area contributed by atoms with Crippen LogP contribution in [-0.4, -0.2) is 18.2 Å². The Morgan fingerprint density at radius 1 is 1.60 bits per heavy atom. The summed E-state index contributed by atoms with van der Waals surface area (Å²) in [6.07, 6.45) is 1.57. The Kier molecular flexibility index (Phi) is 3.96. The van der Waals surface area contributed by atoms with Gasteiger partial charge in [0.1, 0.15) is 5.82 Å². The summed E-state index contributed by atoms with van der Waals surface area (Å²) in [5, 5.41) is 0. The second-order valence-corrected chi connectivity index (χ2v) is 3.77. The molecule has 0 unspecified atom stereocenters. The Balaban J connectivity index is 3.17. The normalized spacial score (nSPS) is 13.1. The summed E-state index contributed by atoms with van der Waals surface area (Å²) in [5.41, 5.74) is 7.09. The highest BCUT2D eigenvalue weighted by Crippen LogP contribution is 2.16. The predicted molar refractivity (Wildman–Crippen MR) is 63.4 cm³/mol. The van der Waals surface area contributed by atoms with Crippen LogP contribution < -0.4 is 5.73 Å². The van der Waals surface area contributed by atoms with E-state index >= 15 is 0 Å². The number of aromatic nitrogens is 1. The standard InChI is InChI=1S/C10H11BrFN3/c1-6-8(12)3-4-9(15-6)10(13)7(11)5-14-2/h3-5H,13H2,1-2H3. The molecule has 80 valence electrons. The van der Waals surface area contributed by atoms with E-state index in [9.17, 15) is 4.39 Å². The average molecular weight is 272 g/mol. The van der Waals surface area contributed by atoms with Crippen LogP contribution in [0.15, 0.2) is 21.6 Å². The molecule has 1 aromatic heterocycles. The zero-order valence-electron chi connectivity index (χ0n) is 8.46. The van der Waals surface area contributed by atoms with E-state index in [0.29, 0.717) is 21.6 Å². The van der Waals surface area contributed by atoms with Crippen LogP contribution in [0.4, 0.5) is 4.39 Å². The number of hydrogen-bond acceptors (Lipinski definition) is 3. The SMILES string of the molecule is CN=CC(Br)=C(N)c1ccc(F)c(C)n1. The summed E-state index contributed by atoms with van der Waals surface area (Å²) >= 11 is 3.25. The summed E-state index contributed by atoms with van der Waals surface area (Å²) in [6, 6.07) is 2.87. The molecule has 0 aromatic carbocycles. The van der Waals surface area contributed by atoms with Crippen molar-refractivity contribution < 1.29 is 4.39 Å². The molecule has 0 saturated heterocycles. The Labute approximate surface area is 96.1 Å². The quantitative estimate of drug-likeness (QED) is 0.839. The second kappa shape index (κ2) is 5.02. The molecule has 0 radical (unpaired) electrons.